The van der Waals surface area contributed by atoms with Crippen LogP contribution < -0.4 is 0 Å². The molecular weight excluding hydrogens is 136 g/mol. The number of ether oxygens (including phenoxy) is 1. The van der Waals surface area contributed by atoms with Crippen LogP contribution in [-0.4, -0.2) is 13.2 Å². The maximum absolute atomic E-state index is 5.50. The Balaban J connectivity index is 2.03. The fourth-order valence-electron chi connectivity index (χ4n) is 2.79. The Hall–Kier alpha value is -0.0400. The average molecular weight is 154 g/mol. The molecule has 11 heavy (non-hydrogen) atoms. The van der Waals surface area contributed by atoms with Crippen molar-refractivity contribution in [2.75, 3.05) is 7.11 Å². The normalized spacial score (nSPS) is 43.9. The molecule has 64 valence electrons. The van der Waals surface area contributed by atoms with E-state index >= 15 is 0 Å². The van der Waals surface area contributed by atoms with Crippen LogP contribution in [0.3, 0.4) is 0 Å². The van der Waals surface area contributed by atoms with Gasteiger partial charge in [0.1, 0.15) is 0 Å². The Morgan fingerprint density at radius 1 is 0.909 bits per heavy atom. The van der Waals surface area contributed by atoms with Gasteiger partial charge in [-0.2, -0.15) is 0 Å². The molecule has 1 atom stereocenters. The molecule has 3 aliphatic carbocycles. The van der Waals surface area contributed by atoms with E-state index in [1.807, 2.05) is 7.11 Å². The Morgan fingerprint density at radius 3 is 2.18 bits per heavy atom. The van der Waals surface area contributed by atoms with Crippen LogP contribution >= 0.6 is 0 Å². The minimum Gasteiger partial charge on any atom is -0.381 e. The van der Waals surface area contributed by atoms with Crippen LogP contribution in [0.2, 0.25) is 0 Å². The zero-order chi connectivity index (χ0) is 7.68. The predicted molar refractivity (Wildman–Crippen MR) is 45.5 cm³/mol. The van der Waals surface area contributed by atoms with Crippen molar-refractivity contribution in [3.63, 3.8) is 0 Å². The largest absolute Gasteiger partial charge is 0.381 e. The van der Waals surface area contributed by atoms with Gasteiger partial charge in [-0.25, -0.2) is 0 Å². The second-order valence-corrected chi connectivity index (χ2v) is 4.13. The van der Waals surface area contributed by atoms with Gasteiger partial charge in [0.15, 0.2) is 0 Å². The van der Waals surface area contributed by atoms with Crippen molar-refractivity contribution in [2.24, 2.45) is 11.8 Å². The third-order valence-electron chi connectivity index (χ3n) is 3.58. The van der Waals surface area contributed by atoms with Gasteiger partial charge < -0.3 is 4.74 Å². The molecule has 3 fully saturated rings. The zero-order valence-corrected chi connectivity index (χ0v) is 7.38. The molecule has 3 aliphatic rings. The average Bonchev–Trinajstić information content (AvgIpc) is 2.36. The topological polar surface area (TPSA) is 9.23 Å². The zero-order valence-electron chi connectivity index (χ0n) is 7.38. The smallest absolute Gasteiger partial charge is 0.0599 e. The van der Waals surface area contributed by atoms with Gasteiger partial charge in [0.25, 0.3) is 0 Å². The van der Waals surface area contributed by atoms with Gasteiger partial charge in [-0.3, -0.25) is 0 Å². The second kappa shape index (κ2) is 3.14. The first kappa shape index (κ1) is 7.60. The molecule has 0 radical (unpaired) electrons. The van der Waals surface area contributed by atoms with Gasteiger partial charge >= 0.3 is 0 Å². The number of methoxy groups -OCH3 is 1. The molecular formula is C10H18O. The fourth-order valence-corrected chi connectivity index (χ4v) is 2.79. The Morgan fingerprint density at radius 2 is 1.55 bits per heavy atom. The van der Waals surface area contributed by atoms with E-state index in [2.05, 4.69) is 0 Å². The molecule has 3 rings (SSSR count). The molecule has 2 bridgehead atoms. The van der Waals surface area contributed by atoms with Crippen LogP contribution in [-0.2, 0) is 4.74 Å². The summed E-state index contributed by atoms with van der Waals surface area (Å²) in [6.07, 6.45) is 9.17. The lowest BCUT2D eigenvalue weighted by Gasteiger charge is -2.26. The molecule has 0 aromatic rings. The molecule has 0 aromatic heterocycles. The lowest BCUT2D eigenvalue weighted by atomic mass is 9.83. The Kier molecular flexibility index (Phi) is 2.17. The summed E-state index contributed by atoms with van der Waals surface area (Å²) in [5, 5.41) is 0. The first-order valence-electron chi connectivity index (χ1n) is 4.93. The number of fused-ring (bicyclic) bond motifs is 4. The maximum Gasteiger partial charge on any atom is 0.0599 e. The van der Waals surface area contributed by atoms with Crippen molar-refractivity contribution >= 4 is 0 Å². The molecule has 1 unspecified atom stereocenters. The van der Waals surface area contributed by atoms with Gasteiger partial charge in [-0.15, -0.1) is 0 Å². The molecule has 1 nitrogen and oxygen atoms in total. The molecule has 0 heterocycles. The van der Waals surface area contributed by atoms with E-state index < -0.39 is 0 Å². The van der Waals surface area contributed by atoms with E-state index in [-0.39, 0.29) is 0 Å². The molecule has 0 aromatic carbocycles. The van der Waals surface area contributed by atoms with Crippen LogP contribution in [0.5, 0.6) is 0 Å². The van der Waals surface area contributed by atoms with Crippen LogP contribution in [0.25, 0.3) is 0 Å². The third-order valence-corrected chi connectivity index (χ3v) is 3.58. The van der Waals surface area contributed by atoms with Crippen LogP contribution in [0, 0.1) is 11.8 Å². The monoisotopic (exact) mass is 154 g/mol. The summed E-state index contributed by atoms with van der Waals surface area (Å²) in [5.74, 6) is 1.95. The first-order valence-corrected chi connectivity index (χ1v) is 4.93. The fraction of sp³-hybridized carbons (Fsp3) is 1.00. The molecule has 0 N–H and O–H groups in total. The van der Waals surface area contributed by atoms with Gasteiger partial charge in [0.05, 0.1) is 6.10 Å². The number of hydrogen-bond acceptors (Lipinski definition) is 1. The summed E-state index contributed by atoms with van der Waals surface area (Å²) in [4.78, 5) is 0. The summed E-state index contributed by atoms with van der Waals surface area (Å²) >= 11 is 0. The molecule has 3 saturated carbocycles. The summed E-state index contributed by atoms with van der Waals surface area (Å²) < 4.78 is 5.50. The van der Waals surface area contributed by atoms with E-state index in [4.69, 9.17) is 4.74 Å². The Bertz CT molecular complexity index is 125. The van der Waals surface area contributed by atoms with Crippen molar-refractivity contribution in [3.05, 3.63) is 0 Å². The van der Waals surface area contributed by atoms with E-state index in [1.54, 1.807) is 0 Å². The SMILES string of the molecule is COC1CCC2CCC1CC2. The summed E-state index contributed by atoms with van der Waals surface area (Å²) in [6, 6.07) is 0. The van der Waals surface area contributed by atoms with Crippen LogP contribution in [0.15, 0.2) is 0 Å². The molecule has 0 spiro atoms. The Labute approximate surface area is 69.1 Å². The third kappa shape index (κ3) is 1.44. The first-order chi connectivity index (χ1) is 5.40. The van der Waals surface area contributed by atoms with Gasteiger partial charge in [-0.05, 0) is 37.5 Å². The molecule has 0 amide bonds. The number of rotatable bonds is 1. The summed E-state index contributed by atoms with van der Waals surface area (Å²) in [7, 11) is 1.88. The maximum atomic E-state index is 5.50. The van der Waals surface area contributed by atoms with E-state index in [0.29, 0.717) is 6.10 Å². The minimum atomic E-state index is 0.600. The van der Waals surface area contributed by atoms with Crippen molar-refractivity contribution in [1.29, 1.82) is 0 Å². The van der Waals surface area contributed by atoms with Gasteiger partial charge in [-0.1, -0.05) is 12.8 Å². The predicted octanol–water partition coefficient (Wildman–Crippen LogP) is 2.60. The van der Waals surface area contributed by atoms with Crippen molar-refractivity contribution in [3.8, 4) is 0 Å². The van der Waals surface area contributed by atoms with Crippen molar-refractivity contribution < 1.29 is 4.74 Å². The highest BCUT2D eigenvalue weighted by Gasteiger charge is 2.31. The molecule has 1 heteroatoms. The molecule has 0 saturated heterocycles. The van der Waals surface area contributed by atoms with Crippen LogP contribution in [0.1, 0.15) is 38.5 Å². The van der Waals surface area contributed by atoms with E-state index in [0.717, 1.165) is 11.8 Å². The van der Waals surface area contributed by atoms with Gasteiger partial charge in [0.2, 0.25) is 0 Å². The summed E-state index contributed by atoms with van der Waals surface area (Å²) in [5.41, 5.74) is 0. The lowest BCUT2D eigenvalue weighted by molar-refractivity contribution is 0.0441. The van der Waals surface area contributed by atoms with Gasteiger partial charge in [0, 0.05) is 7.11 Å². The quantitative estimate of drug-likeness (QED) is 0.564. The second-order valence-electron chi connectivity index (χ2n) is 4.13. The highest BCUT2D eigenvalue weighted by molar-refractivity contribution is 4.83. The van der Waals surface area contributed by atoms with E-state index in [1.165, 1.54) is 38.5 Å². The summed E-state index contributed by atoms with van der Waals surface area (Å²) in [6.45, 7) is 0. The van der Waals surface area contributed by atoms with Crippen molar-refractivity contribution in [1.82, 2.24) is 0 Å². The van der Waals surface area contributed by atoms with Crippen molar-refractivity contribution in [2.45, 2.75) is 44.6 Å². The van der Waals surface area contributed by atoms with E-state index in [9.17, 15) is 0 Å². The minimum absolute atomic E-state index is 0.600. The standard InChI is InChI=1S/C10H18O/c1-11-10-7-4-8-2-5-9(10)6-3-8/h8-10H,2-7H2,1H3. The number of hydrogen-bond donors (Lipinski definition) is 0. The molecule has 0 aliphatic heterocycles. The van der Waals surface area contributed by atoms with Crippen LogP contribution in [0.4, 0.5) is 0 Å². The lowest BCUT2D eigenvalue weighted by Crippen LogP contribution is -2.22. The highest BCUT2D eigenvalue weighted by atomic mass is 16.5. The highest BCUT2D eigenvalue weighted by Crippen LogP contribution is 2.39.